The molecule has 0 N–H and O–H groups in total. The molecule has 0 radical (unpaired) electrons. The van der Waals surface area contributed by atoms with Crippen molar-refractivity contribution in [1.82, 2.24) is 19.3 Å². The summed E-state index contributed by atoms with van der Waals surface area (Å²) in [6.07, 6.45) is 7.20. The molecule has 2 aromatic heterocycles. The van der Waals surface area contributed by atoms with Crippen LogP contribution < -0.4 is 4.90 Å². The first kappa shape index (κ1) is 19.9. The maximum Gasteiger partial charge on any atom is 0.165 e. The number of carbonyl (C=O) groups is 1. The highest BCUT2D eigenvalue weighted by Gasteiger charge is 2.24. The van der Waals surface area contributed by atoms with Gasteiger partial charge in [0.25, 0.3) is 0 Å². The molecule has 31 heavy (non-hydrogen) atoms. The lowest BCUT2D eigenvalue weighted by molar-refractivity contribution is -0.113. The lowest BCUT2D eigenvalue weighted by atomic mass is 10.0. The molecule has 0 bridgehead atoms. The third kappa shape index (κ3) is 3.65. The molecule has 2 aliphatic rings. The molecule has 1 atom stereocenters. The van der Waals surface area contributed by atoms with Crippen LogP contribution >= 0.6 is 0 Å². The average Bonchev–Trinajstić information content (AvgIpc) is 3.09. The van der Waals surface area contributed by atoms with Crippen molar-refractivity contribution < 1.29 is 4.79 Å². The SMILES string of the molecule is Cc1cn2cc(C3=Cc4ccc(N5CCN(C)[C@@H](C)C5)cc4CCC3=O)nc2c(C)n1. The van der Waals surface area contributed by atoms with Gasteiger partial charge in [0.2, 0.25) is 0 Å². The highest BCUT2D eigenvalue weighted by molar-refractivity contribution is 6.25. The number of nitrogens with zero attached hydrogens (tertiary/aromatic N) is 5. The van der Waals surface area contributed by atoms with Crippen molar-refractivity contribution >= 4 is 28.8 Å². The molecular formula is C25H29N5O. The number of aryl methyl sites for hydroxylation is 3. The van der Waals surface area contributed by atoms with Crippen LogP contribution in [0.25, 0.3) is 17.3 Å². The predicted molar refractivity (Wildman–Crippen MR) is 124 cm³/mol. The molecule has 1 aromatic carbocycles. The second-order valence-electron chi connectivity index (χ2n) is 8.96. The van der Waals surface area contributed by atoms with Crippen molar-refractivity contribution in [3.8, 4) is 0 Å². The van der Waals surface area contributed by atoms with Crippen LogP contribution in [0.4, 0.5) is 5.69 Å². The number of Topliss-reactive ketones (excluding diaryl/α,β-unsaturated/α-hetero) is 1. The van der Waals surface area contributed by atoms with E-state index in [1.54, 1.807) is 0 Å². The van der Waals surface area contributed by atoms with Gasteiger partial charge >= 0.3 is 0 Å². The van der Waals surface area contributed by atoms with Crippen molar-refractivity contribution in [2.45, 2.75) is 39.7 Å². The predicted octanol–water partition coefficient (Wildman–Crippen LogP) is 3.54. The summed E-state index contributed by atoms with van der Waals surface area (Å²) in [7, 11) is 2.19. The summed E-state index contributed by atoms with van der Waals surface area (Å²) < 4.78 is 1.98. The Balaban J connectivity index is 1.51. The standard InChI is InChI=1S/C25H29N5O/c1-16-13-30-15-23(27-25(30)18(3)26-16)22-12-20-5-7-21(11-19(20)6-8-24(22)31)29-10-9-28(4)17(2)14-29/h5,7,11-13,15,17H,6,8-10,14H2,1-4H3/t17-/m0/s1. The normalized spacial score (nSPS) is 20.0. The number of benzene rings is 1. The molecule has 6 nitrogen and oxygen atoms in total. The molecule has 0 unspecified atom stereocenters. The van der Waals surface area contributed by atoms with Crippen molar-refractivity contribution in [3.05, 3.63) is 58.8 Å². The first-order valence-electron chi connectivity index (χ1n) is 11.1. The number of imidazole rings is 1. The highest BCUT2D eigenvalue weighted by atomic mass is 16.1. The summed E-state index contributed by atoms with van der Waals surface area (Å²) in [5.74, 6) is 0.150. The van der Waals surface area contributed by atoms with Crippen molar-refractivity contribution in [2.24, 2.45) is 0 Å². The smallest absolute Gasteiger partial charge is 0.165 e. The third-order valence-electron chi connectivity index (χ3n) is 6.67. The molecule has 1 fully saturated rings. The quantitative estimate of drug-likeness (QED) is 0.641. The number of fused-ring (bicyclic) bond motifs is 2. The minimum Gasteiger partial charge on any atom is -0.369 e. The Kier molecular flexibility index (Phi) is 4.89. The van der Waals surface area contributed by atoms with Gasteiger partial charge in [-0.05, 0) is 63.6 Å². The Morgan fingerprint density at radius 2 is 1.90 bits per heavy atom. The van der Waals surface area contributed by atoms with E-state index in [-0.39, 0.29) is 5.78 Å². The minimum atomic E-state index is 0.150. The van der Waals surface area contributed by atoms with Crippen LogP contribution in [-0.2, 0) is 11.2 Å². The van der Waals surface area contributed by atoms with Crippen LogP contribution in [0.15, 0.2) is 30.6 Å². The van der Waals surface area contributed by atoms with Gasteiger partial charge in [0.15, 0.2) is 11.4 Å². The molecule has 0 saturated carbocycles. The number of anilines is 1. The number of allylic oxidation sites excluding steroid dienone is 1. The Hall–Kier alpha value is -2.99. The largest absolute Gasteiger partial charge is 0.369 e. The topological polar surface area (TPSA) is 53.7 Å². The Bertz CT molecular complexity index is 1210. The number of aromatic nitrogens is 3. The molecular weight excluding hydrogens is 386 g/mol. The lowest BCUT2D eigenvalue weighted by Gasteiger charge is -2.39. The summed E-state index contributed by atoms with van der Waals surface area (Å²) in [6.45, 7) is 9.34. The summed E-state index contributed by atoms with van der Waals surface area (Å²) >= 11 is 0. The fraction of sp³-hybridized carbons (Fsp3) is 0.400. The number of hydrogen-bond donors (Lipinski definition) is 0. The van der Waals surface area contributed by atoms with Crippen molar-refractivity contribution in [3.63, 3.8) is 0 Å². The van der Waals surface area contributed by atoms with Crippen LogP contribution in [0.2, 0.25) is 0 Å². The van der Waals surface area contributed by atoms with Crippen molar-refractivity contribution in [2.75, 3.05) is 31.6 Å². The molecule has 0 amide bonds. The first-order valence-corrected chi connectivity index (χ1v) is 11.1. The zero-order chi connectivity index (χ0) is 21.7. The zero-order valence-electron chi connectivity index (χ0n) is 18.7. The summed E-state index contributed by atoms with van der Waals surface area (Å²) in [4.78, 5) is 27.1. The van der Waals surface area contributed by atoms with E-state index in [4.69, 9.17) is 4.98 Å². The van der Waals surface area contributed by atoms with E-state index in [2.05, 4.69) is 47.0 Å². The lowest BCUT2D eigenvalue weighted by Crippen LogP contribution is -2.50. The fourth-order valence-electron chi connectivity index (χ4n) is 4.70. The van der Waals surface area contributed by atoms with Crippen LogP contribution in [0, 0.1) is 13.8 Å². The number of rotatable bonds is 2. The van der Waals surface area contributed by atoms with Gasteiger partial charge < -0.3 is 14.2 Å². The zero-order valence-corrected chi connectivity index (χ0v) is 18.7. The van der Waals surface area contributed by atoms with Gasteiger partial charge in [-0.1, -0.05) is 6.07 Å². The Labute approximate surface area is 183 Å². The van der Waals surface area contributed by atoms with E-state index in [0.29, 0.717) is 18.0 Å². The van der Waals surface area contributed by atoms with Crippen LogP contribution in [0.1, 0.15) is 41.6 Å². The Morgan fingerprint density at radius 1 is 1.06 bits per heavy atom. The average molecular weight is 416 g/mol. The van der Waals surface area contributed by atoms with Gasteiger partial charge in [0.1, 0.15) is 0 Å². The van der Waals surface area contributed by atoms with Crippen LogP contribution in [0.3, 0.4) is 0 Å². The van der Waals surface area contributed by atoms with E-state index in [9.17, 15) is 4.79 Å². The number of likely N-dealkylation sites (N-methyl/N-ethyl adjacent to an activating group) is 1. The maximum atomic E-state index is 13.0. The van der Waals surface area contributed by atoms with Gasteiger partial charge in [-0.3, -0.25) is 9.78 Å². The van der Waals surface area contributed by atoms with E-state index >= 15 is 0 Å². The van der Waals surface area contributed by atoms with Gasteiger partial charge in [-0.2, -0.15) is 0 Å². The van der Waals surface area contributed by atoms with E-state index in [1.165, 1.54) is 11.3 Å². The highest BCUT2D eigenvalue weighted by Crippen LogP contribution is 2.30. The fourth-order valence-corrected chi connectivity index (χ4v) is 4.70. The van der Waals surface area contributed by atoms with Gasteiger partial charge in [-0.25, -0.2) is 4.98 Å². The molecule has 3 heterocycles. The van der Waals surface area contributed by atoms with Crippen molar-refractivity contribution in [1.29, 1.82) is 0 Å². The monoisotopic (exact) mass is 415 g/mol. The van der Waals surface area contributed by atoms with Gasteiger partial charge in [-0.15, -0.1) is 0 Å². The molecule has 160 valence electrons. The molecule has 3 aromatic rings. The molecule has 5 rings (SSSR count). The maximum absolute atomic E-state index is 13.0. The third-order valence-corrected chi connectivity index (χ3v) is 6.67. The first-order chi connectivity index (χ1) is 14.9. The summed E-state index contributed by atoms with van der Waals surface area (Å²) in [6, 6.07) is 7.18. The molecule has 1 aliphatic carbocycles. The number of hydrogen-bond acceptors (Lipinski definition) is 5. The second kappa shape index (κ2) is 7.61. The van der Waals surface area contributed by atoms with Crippen LogP contribution in [-0.4, -0.2) is 57.8 Å². The van der Waals surface area contributed by atoms with Gasteiger partial charge in [0.05, 0.1) is 17.1 Å². The van der Waals surface area contributed by atoms with Crippen LogP contribution in [0.5, 0.6) is 0 Å². The number of piperazine rings is 1. The summed E-state index contributed by atoms with van der Waals surface area (Å²) in [5, 5.41) is 0. The Morgan fingerprint density at radius 3 is 2.71 bits per heavy atom. The molecule has 1 saturated heterocycles. The molecule has 6 heteroatoms. The number of carbonyl (C=O) groups excluding carboxylic acids is 1. The second-order valence-corrected chi connectivity index (χ2v) is 8.96. The molecule has 1 aliphatic heterocycles. The minimum absolute atomic E-state index is 0.150. The van der Waals surface area contributed by atoms with Gasteiger partial charge in [0, 0.05) is 55.8 Å². The molecule has 0 spiro atoms. The summed E-state index contributed by atoms with van der Waals surface area (Å²) in [5.41, 5.74) is 7.65. The number of ketones is 1. The van der Waals surface area contributed by atoms with E-state index < -0.39 is 0 Å². The van der Waals surface area contributed by atoms with E-state index in [0.717, 1.165) is 54.3 Å². The van der Waals surface area contributed by atoms with E-state index in [1.807, 2.05) is 36.7 Å².